The normalized spacial score (nSPS) is 11.6. The molecule has 0 saturated heterocycles. The van der Waals surface area contributed by atoms with E-state index >= 15 is 0 Å². The zero-order chi connectivity index (χ0) is 36.3. The minimum Gasteiger partial charge on any atom is -0.310 e. The van der Waals surface area contributed by atoms with E-state index in [2.05, 4.69) is 205 Å². The van der Waals surface area contributed by atoms with Crippen molar-refractivity contribution in [3.05, 3.63) is 200 Å². The van der Waals surface area contributed by atoms with Crippen LogP contribution < -0.4 is 4.90 Å². The molecule has 9 aromatic carbocycles. The minimum absolute atomic E-state index is 1.11. The second kappa shape index (κ2) is 13.1. The molecular formula is C52H33NS2. The Morgan fingerprint density at radius 1 is 0.273 bits per heavy atom. The number of hydrogen-bond donors (Lipinski definition) is 0. The summed E-state index contributed by atoms with van der Waals surface area (Å²) in [5, 5.41) is 7.79. The van der Waals surface area contributed by atoms with Crippen LogP contribution in [0.4, 0.5) is 17.1 Å². The summed E-state index contributed by atoms with van der Waals surface area (Å²) in [5.74, 6) is 0. The summed E-state index contributed by atoms with van der Waals surface area (Å²) >= 11 is 3.73. The van der Waals surface area contributed by atoms with E-state index in [9.17, 15) is 0 Å². The Labute approximate surface area is 327 Å². The quantitative estimate of drug-likeness (QED) is 0.164. The summed E-state index contributed by atoms with van der Waals surface area (Å²) in [5.41, 5.74) is 10.6. The lowest BCUT2D eigenvalue weighted by molar-refractivity contribution is 1.28. The first-order valence-corrected chi connectivity index (χ1v) is 20.3. The molecule has 0 spiro atoms. The van der Waals surface area contributed by atoms with E-state index in [-0.39, 0.29) is 0 Å². The van der Waals surface area contributed by atoms with Crippen LogP contribution in [0.5, 0.6) is 0 Å². The highest BCUT2D eigenvalue weighted by Crippen LogP contribution is 2.43. The fourth-order valence-corrected chi connectivity index (χ4v) is 10.5. The molecule has 2 aromatic heterocycles. The fraction of sp³-hybridized carbons (Fsp3) is 0. The number of fused-ring (bicyclic) bond motifs is 7. The highest BCUT2D eigenvalue weighted by atomic mass is 32.1. The Kier molecular flexibility index (Phi) is 7.61. The van der Waals surface area contributed by atoms with Crippen LogP contribution in [0, 0.1) is 0 Å². The van der Waals surface area contributed by atoms with E-state index in [1.807, 2.05) is 22.7 Å². The molecule has 0 radical (unpaired) electrons. The second-order valence-electron chi connectivity index (χ2n) is 14.1. The van der Waals surface area contributed by atoms with Gasteiger partial charge in [0.15, 0.2) is 0 Å². The van der Waals surface area contributed by atoms with Gasteiger partial charge < -0.3 is 4.90 Å². The van der Waals surface area contributed by atoms with Crippen molar-refractivity contribution in [2.24, 2.45) is 0 Å². The van der Waals surface area contributed by atoms with Gasteiger partial charge in [-0.1, -0.05) is 140 Å². The Balaban J connectivity index is 1.06. The lowest BCUT2D eigenvalue weighted by Gasteiger charge is -2.27. The smallest absolute Gasteiger partial charge is 0.0467 e. The Morgan fingerprint density at radius 3 is 1.27 bits per heavy atom. The number of nitrogens with zero attached hydrogens (tertiary/aromatic N) is 1. The maximum absolute atomic E-state index is 2.41. The molecule has 0 aliphatic carbocycles. The van der Waals surface area contributed by atoms with E-state index in [0.29, 0.717) is 0 Å². The second-order valence-corrected chi connectivity index (χ2v) is 16.3. The van der Waals surface area contributed by atoms with Gasteiger partial charge in [-0.3, -0.25) is 0 Å². The van der Waals surface area contributed by atoms with Gasteiger partial charge in [-0.2, -0.15) is 0 Å². The van der Waals surface area contributed by atoms with Gasteiger partial charge in [-0.15, -0.1) is 22.7 Å². The highest BCUT2D eigenvalue weighted by Gasteiger charge is 2.17. The predicted octanol–water partition coefficient (Wildman–Crippen LogP) is 16.0. The minimum atomic E-state index is 1.11. The standard InChI is InChI=1S/C52H33NS2/c1-2-19-43-34(11-1)12-10-22-44(43)39-15-9-18-42(31-39)53(40-16-7-13-35(29-40)37-25-27-47-45-20-3-5-23-49(45)54-51(47)32-37)41-17-8-14-36(30-41)38-26-28-48-46-21-4-6-24-50(46)55-52(48)33-38/h1-33H. The van der Waals surface area contributed by atoms with Crippen LogP contribution in [0.15, 0.2) is 200 Å². The molecule has 2 heterocycles. The molecule has 258 valence electrons. The monoisotopic (exact) mass is 735 g/mol. The predicted molar refractivity (Wildman–Crippen MR) is 241 cm³/mol. The third kappa shape index (κ3) is 5.60. The maximum Gasteiger partial charge on any atom is 0.0467 e. The number of anilines is 3. The summed E-state index contributed by atoms with van der Waals surface area (Å²) in [6, 6.07) is 73.5. The van der Waals surface area contributed by atoms with Crippen LogP contribution in [0.2, 0.25) is 0 Å². The molecule has 0 unspecified atom stereocenters. The van der Waals surface area contributed by atoms with Crippen molar-refractivity contribution < 1.29 is 0 Å². The van der Waals surface area contributed by atoms with E-state index in [1.165, 1.54) is 84.5 Å². The molecular weight excluding hydrogens is 703 g/mol. The van der Waals surface area contributed by atoms with Crippen molar-refractivity contribution in [2.75, 3.05) is 4.90 Å². The summed E-state index contributed by atoms with van der Waals surface area (Å²) in [4.78, 5) is 2.41. The molecule has 11 rings (SSSR count). The van der Waals surface area contributed by atoms with Crippen molar-refractivity contribution in [1.82, 2.24) is 0 Å². The summed E-state index contributed by atoms with van der Waals surface area (Å²) in [7, 11) is 0. The lowest BCUT2D eigenvalue weighted by atomic mass is 9.97. The molecule has 0 fully saturated rings. The first kappa shape index (κ1) is 32.0. The molecule has 0 aliphatic heterocycles. The first-order chi connectivity index (χ1) is 27.2. The largest absolute Gasteiger partial charge is 0.310 e. The molecule has 0 amide bonds. The Bertz CT molecular complexity index is 3080. The van der Waals surface area contributed by atoms with E-state index in [4.69, 9.17) is 0 Å². The SMILES string of the molecule is c1cc(-c2ccc3c(c2)sc2ccccc23)cc(N(c2cccc(-c3ccc4c(c3)sc3ccccc34)c2)c2cccc(-c3cccc4ccccc34)c2)c1. The average molecular weight is 736 g/mol. The molecule has 1 nitrogen and oxygen atoms in total. The number of rotatable bonds is 6. The molecule has 0 N–H and O–H groups in total. The van der Waals surface area contributed by atoms with Crippen molar-refractivity contribution in [3.8, 4) is 33.4 Å². The molecule has 0 atom stereocenters. The Morgan fingerprint density at radius 2 is 0.691 bits per heavy atom. The number of hydrogen-bond acceptors (Lipinski definition) is 3. The van der Waals surface area contributed by atoms with Gasteiger partial charge in [0.2, 0.25) is 0 Å². The molecule has 3 heteroatoms. The summed E-state index contributed by atoms with van der Waals surface area (Å²) in [6.07, 6.45) is 0. The summed E-state index contributed by atoms with van der Waals surface area (Å²) in [6.45, 7) is 0. The van der Waals surface area contributed by atoms with Crippen molar-refractivity contribution in [1.29, 1.82) is 0 Å². The highest BCUT2D eigenvalue weighted by molar-refractivity contribution is 7.26. The van der Waals surface area contributed by atoms with Gasteiger partial charge in [-0.05, 0) is 105 Å². The van der Waals surface area contributed by atoms with Crippen LogP contribution in [-0.4, -0.2) is 0 Å². The molecule has 0 bridgehead atoms. The van der Waals surface area contributed by atoms with Crippen LogP contribution in [0.1, 0.15) is 0 Å². The molecule has 55 heavy (non-hydrogen) atoms. The van der Waals surface area contributed by atoms with Gasteiger partial charge in [-0.25, -0.2) is 0 Å². The average Bonchev–Trinajstić information content (AvgIpc) is 3.81. The van der Waals surface area contributed by atoms with Crippen molar-refractivity contribution in [2.45, 2.75) is 0 Å². The van der Waals surface area contributed by atoms with Crippen molar-refractivity contribution in [3.63, 3.8) is 0 Å². The fourth-order valence-electron chi connectivity index (χ4n) is 8.20. The zero-order valence-electron chi connectivity index (χ0n) is 29.8. The van der Waals surface area contributed by atoms with Crippen LogP contribution in [-0.2, 0) is 0 Å². The van der Waals surface area contributed by atoms with Gasteiger partial charge in [0.05, 0.1) is 0 Å². The molecule has 11 aromatic rings. The van der Waals surface area contributed by atoms with Gasteiger partial charge in [0, 0.05) is 57.4 Å². The number of benzene rings is 9. The van der Waals surface area contributed by atoms with Gasteiger partial charge in [0.1, 0.15) is 0 Å². The third-order valence-electron chi connectivity index (χ3n) is 10.8. The Hall–Kier alpha value is -6.52. The van der Waals surface area contributed by atoms with Gasteiger partial charge in [0.25, 0.3) is 0 Å². The van der Waals surface area contributed by atoms with Crippen LogP contribution in [0.3, 0.4) is 0 Å². The van der Waals surface area contributed by atoms with E-state index in [0.717, 1.165) is 17.1 Å². The summed E-state index contributed by atoms with van der Waals surface area (Å²) < 4.78 is 5.28. The van der Waals surface area contributed by atoms with Crippen molar-refractivity contribution >= 4 is 90.9 Å². The number of thiophene rings is 2. The van der Waals surface area contributed by atoms with E-state index < -0.39 is 0 Å². The maximum atomic E-state index is 2.41. The topological polar surface area (TPSA) is 3.24 Å². The first-order valence-electron chi connectivity index (χ1n) is 18.7. The third-order valence-corrected chi connectivity index (χ3v) is 13.1. The van der Waals surface area contributed by atoms with E-state index in [1.54, 1.807) is 0 Å². The van der Waals surface area contributed by atoms with Gasteiger partial charge >= 0.3 is 0 Å². The van der Waals surface area contributed by atoms with Crippen LogP contribution >= 0.6 is 22.7 Å². The molecule has 0 saturated carbocycles. The van der Waals surface area contributed by atoms with Crippen LogP contribution in [0.25, 0.3) is 84.5 Å². The molecule has 0 aliphatic rings. The zero-order valence-corrected chi connectivity index (χ0v) is 31.4. The lowest BCUT2D eigenvalue weighted by Crippen LogP contribution is -2.10.